The number of amides is 4. The van der Waals surface area contributed by atoms with E-state index in [1.54, 1.807) is 35.2 Å². The molecule has 4 fully saturated rings. The van der Waals surface area contributed by atoms with Crippen molar-refractivity contribution in [3.8, 4) is 0 Å². The van der Waals surface area contributed by atoms with E-state index in [4.69, 9.17) is 38.9 Å². The summed E-state index contributed by atoms with van der Waals surface area (Å²) in [6.07, 6.45) is 5.14. The van der Waals surface area contributed by atoms with Gasteiger partial charge in [0.1, 0.15) is 22.7 Å². The van der Waals surface area contributed by atoms with E-state index in [2.05, 4.69) is 21.3 Å². The summed E-state index contributed by atoms with van der Waals surface area (Å²) < 4.78 is 54.6. The Bertz CT molecular complexity index is 2390. The number of benzene rings is 2. The molecule has 6 heterocycles. The Labute approximate surface area is 400 Å². The Hall–Kier alpha value is -3.69. The summed E-state index contributed by atoms with van der Waals surface area (Å²) in [5, 5.41) is 13.0. The molecule has 0 aromatic heterocycles. The largest absolute Gasteiger partial charge is 0.333 e. The van der Waals surface area contributed by atoms with Gasteiger partial charge in [0.2, 0.25) is 20.0 Å². The first-order chi connectivity index (χ1) is 30.8. The standard InChI is InChI=1S/C23H32ClN5O4S.C18H23ClN4O3S.C4H11N/c1-22(2,3)27-21(31)28-11-5-6-16(15-28)19-25-20(30)23(26-19)9-12-29(13-10-23)34(32,33)18-8-4-7-17(24)14-18;19-14-4-1-5-15(11-14)27(25,26)23-9-6-18(7-10-23)17(24)21-16(22-18)13-3-2-8-20-12-13;1-4(2,3)5/h4,7-8,14,16H,5-6,9-13,15H2,1-3H3,(H,27,31)(H,25,26,30);1,4-5,11,13,20H,2-3,6-10,12H2,(H,21,22,24);5H2,1-3H3. The molecule has 17 nitrogen and oxygen atoms in total. The van der Waals surface area contributed by atoms with Crippen LogP contribution in [0.5, 0.6) is 0 Å². The number of hydrogen-bond donors (Lipinski definition) is 5. The molecule has 2 spiro atoms. The molecular formula is C45H66Cl2N10O7S2. The van der Waals surface area contributed by atoms with Crippen molar-refractivity contribution in [2.24, 2.45) is 27.6 Å². The highest BCUT2D eigenvalue weighted by Crippen LogP contribution is 2.36. The number of nitrogens with one attached hydrogen (secondary N) is 4. The molecule has 2 aromatic carbocycles. The predicted molar refractivity (Wildman–Crippen MR) is 258 cm³/mol. The minimum absolute atomic E-state index is 0. The average Bonchev–Trinajstić information content (AvgIpc) is 3.74. The van der Waals surface area contributed by atoms with Crippen LogP contribution in [0.2, 0.25) is 10.0 Å². The van der Waals surface area contributed by atoms with Crippen LogP contribution in [0.1, 0.15) is 92.9 Å². The minimum atomic E-state index is -3.70. The van der Waals surface area contributed by atoms with Gasteiger partial charge in [-0.1, -0.05) is 35.3 Å². The highest BCUT2D eigenvalue weighted by Gasteiger charge is 2.50. The number of halogens is 2. The highest BCUT2D eigenvalue weighted by atomic mass is 35.5. The van der Waals surface area contributed by atoms with Gasteiger partial charge < -0.3 is 31.9 Å². The number of nitrogens with zero attached hydrogens (tertiary/aromatic N) is 5. The van der Waals surface area contributed by atoms with E-state index in [-0.39, 0.29) is 76.7 Å². The number of carbonyl (C=O) groups is 3. The molecule has 0 radical (unpaired) electrons. The minimum Gasteiger partial charge on any atom is -0.333 e. The Balaban J connectivity index is 0.000000202. The third-order valence-electron chi connectivity index (χ3n) is 12.2. The predicted octanol–water partition coefficient (Wildman–Crippen LogP) is 4.75. The lowest BCUT2D eigenvalue weighted by atomic mass is 9.89. The molecule has 4 amide bonds. The van der Waals surface area contributed by atoms with Crippen molar-refractivity contribution in [3.63, 3.8) is 0 Å². The lowest BCUT2D eigenvalue weighted by Crippen LogP contribution is -2.53. The topological polar surface area (TPSA) is 228 Å². The van der Waals surface area contributed by atoms with Crippen LogP contribution in [-0.4, -0.2) is 134 Å². The van der Waals surface area contributed by atoms with Crippen molar-refractivity contribution in [1.29, 1.82) is 0 Å². The number of aliphatic imine (C=N–C) groups is 2. The van der Waals surface area contributed by atoms with Gasteiger partial charge in [0.25, 0.3) is 11.8 Å². The SMILES string of the molecule is CC(C)(C)N.CC(C)(C)NC(=O)N1CCCC(C2=NC3(CCN(S(=O)(=O)c4cccc(Cl)c4)CC3)C(=O)N2)C1.O=C1NC(C2CCCNC2)=NC12CCN(S(=O)(=O)c1cccc(Cl)c1)CC2. The van der Waals surface area contributed by atoms with E-state index in [9.17, 15) is 31.2 Å². The molecule has 0 saturated carbocycles. The summed E-state index contributed by atoms with van der Waals surface area (Å²) in [5.74, 6) is 1.29. The number of rotatable bonds is 6. The van der Waals surface area contributed by atoms with Crippen LogP contribution in [0.15, 0.2) is 68.3 Å². The zero-order valence-electron chi connectivity index (χ0n) is 38.8. The van der Waals surface area contributed by atoms with Crippen molar-refractivity contribution in [2.45, 2.75) is 125 Å². The normalized spacial score (nSPS) is 23.7. The number of likely N-dealkylation sites (tertiary alicyclic amines) is 1. The fraction of sp³-hybridized carbons (Fsp3) is 0.622. The van der Waals surface area contributed by atoms with E-state index in [1.807, 2.05) is 41.5 Å². The second-order valence-electron chi connectivity index (χ2n) is 20.1. The summed E-state index contributed by atoms with van der Waals surface area (Å²) in [4.78, 5) is 49.9. The maximum absolute atomic E-state index is 13.0. The third-order valence-corrected chi connectivity index (χ3v) is 16.5. The Kier molecular flexibility index (Phi) is 16.1. The zero-order chi connectivity index (χ0) is 48.3. The zero-order valence-corrected chi connectivity index (χ0v) is 42.0. The van der Waals surface area contributed by atoms with Crippen molar-refractivity contribution in [3.05, 3.63) is 58.6 Å². The van der Waals surface area contributed by atoms with Crippen molar-refractivity contribution in [1.82, 2.24) is 34.8 Å². The molecule has 2 aromatic rings. The van der Waals surface area contributed by atoms with Crippen LogP contribution in [0.3, 0.4) is 0 Å². The molecule has 6 N–H and O–H groups in total. The Morgan fingerprint density at radius 2 is 1.17 bits per heavy atom. The second-order valence-corrected chi connectivity index (χ2v) is 24.8. The molecule has 6 aliphatic heterocycles. The summed E-state index contributed by atoms with van der Waals surface area (Å²) in [5.41, 5.74) is 3.25. The van der Waals surface area contributed by atoms with E-state index < -0.39 is 31.1 Å². The molecular weight excluding hydrogens is 928 g/mol. The van der Waals surface area contributed by atoms with Gasteiger partial charge in [0.15, 0.2) is 0 Å². The average molecular weight is 994 g/mol. The van der Waals surface area contributed by atoms with Gasteiger partial charge in [-0.15, -0.1) is 0 Å². The van der Waals surface area contributed by atoms with Gasteiger partial charge in [-0.2, -0.15) is 8.61 Å². The number of nitrogens with two attached hydrogens (primary N) is 1. The first kappa shape index (κ1) is 51.7. The fourth-order valence-corrected chi connectivity index (χ4v) is 12.2. The Morgan fingerprint density at radius 1 is 0.727 bits per heavy atom. The number of carbonyl (C=O) groups excluding carboxylic acids is 3. The van der Waals surface area contributed by atoms with E-state index in [1.165, 1.54) is 26.8 Å². The van der Waals surface area contributed by atoms with Crippen LogP contribution in [-0.2, 0) is 29.6 Å². The van der Waals surface area contributed by atoms with Crippen LogP contribution >= 0.6 is 23.2 Å². The molecule has 4 saturated heterocycles. The quantitative estimate of drug-likeness (QED) is 0.269. The van der Waals surface area contributed by atoms with Gasteiger partial charge in [0.05, 0.1) is 9.79 Å². The maximum Gasteiger partial charge on any atom is 0.317 e. The molecule has 6 aliphatic rings. The van der Waals surface area contributed by atoms with Crippen LogP contribution in [0, 0.1) is 11.8 Å². The van der Waals surface area contributed by atoms with Gasteiger partial charge in [-0.3, -0.25) is 19.6 Å². The van der Waals surface area contributed by atoms with Crippen LogP contribution in [0.25, 0.3) is 0 Å². The first-order valence-corrected chi connectivity index (χ1v) is 26.3. The molecule has 2 atom stereocenters. The lowest BCUT2D eigenvalue weighted by molar-refractivity contribution is -0.125. The van der Waals surface area contributed by atoms with E-state index in [0.717, 1.165) is 44.6 Å². The summed E-state index contributed by atoms with van der Waals surface area (Å²) in [6, 6.07) is 12.3. The lowest BCUT2D eigenvalue weighted by Gasteiger charge is -2.35. The second kappa shape index (κ2) is 20.5. The Morgan fingerprint density at radius 3 is 1.58 bits per heavy atom. The molecule has 2 unspecified atom stereocenters. The molecule has 364 valence electrons. The van der Waals surface area contributed by atoms with Crippen LogP contribution < -0.4 is 27.0 Å². The monoisotopic (exact) mass is 992 g/mol. The fourth-order valence-electron chi connectivity index (χ4n) is 8.76. The van der Waals surface area contributed by atoms with E-state index >= 15 is 0 Å². The van der Waals surface area contributed by atoms with E-state index in [0.29, 0.717) is 54.7 Å². The van der Waals surface area contributed by atoms with Gasteiger partial charge in [-0.05, 0) is 136 Å². The summed E-state index contributed by atoms with van der Waals surface area (Å²) >= 11 is 11.9. The molecule has 8 rings (SSSR count). The summed E-state index contributed by atoms with van der Waals surface area (Å²) in [7, 11) is -7.32. The number of urea groups is 1. The number of piperidine rings is 4. The van der Waals surface area contributed by atoms with Gasteiger partial charge in [-0.25, -0.2) is 21.6 Å². The molecule has 0 aliphatic carbocycles. The number of hydrogen-bond acceptors (Lipinski definition) is 11. The number of sulfonamides is 2. The first-order valence-electron chi connectivity index (χ1n) is 22.7. The van der Waals surface area contributed by atoms with Crippen molar-refractivity contribution >= 4 is 72.8 Å². The molecule has 21 heteroatoms. The molecule has 0 bridgehead atoms. The van der Waals surface area contributed by atoms with Crippen molar-refractivity contribution < 1.29 is 31.2 Å². The third kappa shape index (κ3) is 12.7. The smallest absolute Gasteiger partial charge is 0.317 e. The van der Waals surface area contributed by atoms with Crippen LogP contribution in [0.4, 0.5) is 4.79 Å². The van der Waals surface area contributed by atoms with Gasteiger partial charge >= 0.3 is 6.03 Å². The summed E-state index contributed by atoms with van der Waals surface area (Å²) in [6.45, 7) is 15.6. The maximum atomic E-state index is 13.0. The van der Waals surface area contributed by atoms with Crippen molar-refractivity contribution in [2.75, 3.05) is 52.4 Å². The van der Waals surface area contributed by atoms with Gasteiger partial charge in [0, 0.05) is 78.8 Å². The highest BCUT2D eigenvalue weighted by molar-refractivity contribution is 7.89. The number of amidine groups is 2. The molecule has 66 heavy (non-hydrogen) atoms.